The van der Waals surface area contributed by atoms with Crippen molar-refractivity contribution >= 4 is 18.1 Å². The van der Waals surface area contributed by atoms with Gasteiger partial charge in [0.1, 0.15) is 0 Å². The summed E-state index contributed by atoms with van der Waals surface area (Å²) in [5, 5.41) is 3.52. The average Bonchev–Trinajstić information content (AvgIpc) is 2.58. The van der Waals surface area contributed by atoms with Crippen molar-refractivity contribution in [3.8, 4) is 0 Å². The van der Waals surface area contributed by atoms with Gasteiger partial charge in [-0.25, -0.2) is 0 Å². The molecule has 1 fully saturated rings. The molecule has 0 aromatic heterocycles. The van der Waals surface area contributed by atoms with Gasteiger partial charge in [-0.2, -0.15) is 0 Å². The van der Waals surface area contributed by atoms with Gasteiger partial charge in [-0.15, -0.1) is 12.4 Å². The standard InChI is InChI=1S/C13H18N2.ClH/c1-9-4-3-5-11-6-12-8-14-7-10(2)15(12)13(9)11;/h3-5,10,12,14H,6-8H2,1-2H3;1H/t10-,12+;/m1./s1. The van der Waals surface area contributed by atoms with Crippen molar-refractivity contribution in [1.82, 2.24) is 5.32 Å². The maximum absolute atomic E-state index is 3.52. The largest absolute Gasteiger partial charge is 0.363 e. The molecule has 0 aliphatic carbocycles. The van der Waals surface area contributed by atoms with Gasteiger partial charge in [0.25, 0.3) is 0 Å². The lowest BCUT2D eigenvalue weighted by molar-refractivity contribution is 0.429. The van der Waals surface area contributed by atoms with Crippen molar-refractivity contribution in [1.29, 1.82) is 0 Å². The fraction of sp³-hybridized carbons (Fsp3) is 0.538. The van der Waals surface area contributed by atoms with Crippen LogP contribution in [-0.4, -0.2) is 25.2 Å². The highest BCUT2D eigenvalue weighted by molar-refractivity contribution is 5.85. The van der Waals surface area contributed by atoms with Gasteiger partial charge in [-0.05, 0) is 31.4 Å². The molecule has 1 saturated heterocycles. The van der Waals surface area contributed by atoms with E-state index in [2.05, 4.69) is 42.3 Å². The molecular weight excluding hydrogens is 220 g/mol. The number of anilines is 1. The minimum atomic E-state index is 0. The predicted molar refractivity (Wildman–Crippen MR) is 70.7 cm³/mol. The van der Waals surface area contributed by atoms with Gasteiger partial charge in [-0.1, -0.05) is 18.2 Å². The molecule has 0 amide bonds. The molecule has 2 atom stereocenters. The van der Waals surface area contributed by atoms with Crippen LogP contribution in [0.2, 0.25) is 0 Å². The van der Waals surface area contributed by atoms with E-state index in [9.17, 15) is 0 Å². The van der Waals surface area contributed by atoms with E-state index in [1.807, 2.05) is 0 Å². The first-order valence-electron chi connectivity index (χ1n) is 5.85. The summed E-state index contributed by atoms with van der Waals surface area (Å²) in [6.45, 7) is 6.80. The Kier molecular flexibility index (Phi) is 3.13. The minimum absolute atomic E-state index is 0. The Morgan fingerprint density at radius 3 is 2.94 bits per heavy atom. The van der Waals surface area contributed by atoms with Gasteiger partial charge in [0.05, 0.1) is 0 Å². The highest BCUT2D eigenvalue weighted by Gasteiger charge is 2.35. The average molecular weight is 239 g/mol. The van der Waals surface area contributed by atoms with Crippen LogP contribution in [0, 0.1) is 6.92 Å². The van der Waals surface area contributed by atoms with Gasteiger partial charge in [0, 0.05) is 30.9 Å². The number of nitrogens with zero attached hydrogens (tertiary/aromatic N) is 1. The highest BCUT2D eigenvalue weighted by atomic mass is 35.5. The van der Waals surface area contributed by atoms with E-state index in [0.29, 0.717) is 12.1 Å². The summed E-state index contributed by atoms with van der Waals surface area (Å²) in [4.78, 5) is 2.63. The van der Waals surface area contributed by atoms with Crippen LogP contribution in [0.5, 0.6) is 0 Å². The lowest BCUT2D eigenvalue weighted by atomic mass is 10.1. The summed E-state index contributed by atoms with van der Waals surface area (Å²) < 4.78 is 0. The van der Waals surface area contributed by atoms with Gasteiger partial charge >= 0.3 is 0 Å². The molecule has 16 heavy (non-hydrogen) atoms. The van der Waals surface area contributed by atoms with E-state index in [4.69, 9.17) is 0 Å². The fourth-order valence-electron chi connectivity index (χ4n) is 3.10. The van der Waals surface area contributed by atoms with Crippen molar-refractivity contribution in [3.05, 3.63) is 29.3 Å². The van der Waals surface area contributed by atoms with Crippen LogP contribution in [-0.2, 0) is 6.42 Å². The van der Waals surface area contributed by atoms with Crippen LogP contribution in [0.25, 0.3) is 0 Å². The molecule has 3 rings (SSSR count). The van der Waals surface area contributed by atoms with E-state index >= 15 is 0 Å². The van der Waals surface area contributed by atoms with Crippen LogP contribution in [0.3, 0.4) is 0 Å². The summed E-state index contributed by atoms with van der Waals surface area (Å²) in [5.41, 5.74) is 4.48. The number of nitrogens with one attached hydrogen (secondary N) is 1. The first-order valence-corrected chi connectivity index (χ1v) is 5.85. The Labute approximate surface area is 103 Å². The summed E-state index contributed by atoms with van der Waals surface area (Å²) >= 11 is 0. The SMILES string of the molecule is Cc1cccc2c1N1[C@H](CNC[C@H]1C)C2.Cl. The van der Waals surface area contributed by atoms with Crippen molar-refractivity contribution in [2.24, 2.45) is 0 Å². The molecule has 0 radical (unpaired) electrons. The molecule has 2 nitrogen and oxygen atoms in total. The topological polar surface area (TPSA) is 15.3 Å². The van der Waals surface area contributed by atoms with Crippen LogP contribution in [0.15, 0.2) is 18.2 Å². The Morgan fingerprint density at radius 2 is 2.12 bits per heavy atom. The second-order valence-electron chi connectivity index (χ2n) is 4.86. The highest BCUT2D eigenvalue weighted by Crippen LogP contribution is 2.37. The van der Waals surface area contributed by atoms with E-state index in [0.717, 1.165) is 13.1 Å². The molecule has 2 aliphatic heterocycles. The van der Waals surface area contributed by atoms with Gasteiger partial charge in [0.15, 0.2) is 0 Å². The fourth-order valence-corrected chi connectivity index (χ4v) is 3.10. The molecule has 2 heterocycles. The number of piperazine rings is 1. The van der Waals surface area contributed by atoms with Crippen LogP contribution in [0.4, 0.5) is 5.69 Å². The lowest BCUT2D eigenvalue weighted by Gasteiger charge is -2.39. The summed E-state index contributed by atoms with van der Waals surface area (Å²) in [5.74, 6) is 0. The first-order chi connectivity index (χ1) is 7.27. The zero-order valence-electron chi connectivity index (χ0n) is 9.86. The molecule has 2 aliphatic rings. The van der Waals surface area contributed by atoms with E-state index in [-0.39, 0.29) is 12.4 Å². The zero-order chi connectivity index (χ0) is 10.4. The lowest BCUT2D eigenvalue weighted by Crippen LogP contribution is -2.55. The second-order valence-corrected chi connectivity index (χ2v) is 4.86. The number of benzene rings is 1. The Hall–Kier alpha value is -0.730. The van der Waals surface area contributed by atoms with Crippen LogP contribution in [0.1, 0.15) is 18.1 Å². The Bertz CT molecular complexity index is 392. The molecule has 88 valence electrons. The molecule has 0 unspecified atom stereocenters. The third-order valence-electron chi connectivity index (χ3n) is 3.72. The molecule has 3 heteroatoms. The predicted octanol–water partition coefficient (Wildman–Crippen LogP) is 2.14. The number of para-hydroxylation sites is 1. The quantitative estimate of drug-likeness (QED) is 0.745. The van der Waals surface area contributed by atoms with Crippen molar-refractivity contribution in [2.75, 3.05) is 18.0 Å². The third-order valence-corrected chi connectivity index (χ3v) is 3.72. The van der Waals surface area contributed by atoms with Crippen molar-refractivity contribution in [3.63, 3.8) is 0 Å². The monoisotopic (exact) mass is 238 g/mol. The van der Waals surface area contributed by atoms with Gasteiger partial charge < -0.3 is 10.2 Å². The molecule has 0 bridgehead atoms. The summed E-state index contributed by atoms with van der Waals surface area (Å²) in [7, 11) is 0. The van der Waals surface area contributed by atoms with Crippen LogP contribution >= 0.6 is 12.4 Å². The number of hydrogen-bond donors (Lipinski definition) is 1. The first kappa shape index (κ1) is 11.7. The molecule has 1 aromatic rings. The number of aryl methyl sites for hydroxylation is 1. The maximum Gasteiger partial charge on any atom is 0.0459 e. The minimum Gasteiger partial charge on any atom is -0.363 e. The van der Waals surface area contributed by atoms with Crippen molar-refractivity contribution < 1.29 is 0 Å². The Balaban J connectivity index is 0.000000963. The maximum atomic E-state index is 3.52. The zero-order valence-corrected chi connectivity index (χ0v) is 10.7. The number of halogens is 1. The smallest absolute Gasteiger partial charge is 0.0459 e. The van der Waals surface area contributed by atoms with E-state index < -0.39 is 0 Å². The molecule has 0 saturated carbocycles. The Morgan fingerprint density at radius 1 is 1.31 bits per heavy atom. The summed E-state index contributed by atoms with van der Waals surface area (Å²) in [6.07, 6.45) is 1.22. The number of rotatable bonds is 0. The van der Waals surface area contributed by atoms with Gasteiger partial charge in [0.2, 0.25) is 0 Å². The number of hydrogen-bond acceptors (Lipinski definition) is 2. The molecule has 1 N–H and O–H groups in total. The molecular formula is C13H19ClN2. The summed E-state index contributed by atoms with van der Waals surface area (Å²) in [6, 6.07) is 8.02. The third kappa shape index (κ3) is 1.61. The molecule has 1 aromatic carbocycles. The van der Waals surface area contributed by atoms with E-state index in [1.165, 1.54) is 23.2 Å². The van der Waals surface area contributed by atoms with Crippen molar-refractivity contribution in [2.45, 2.75) is 32.4 Å². The second kappa shape index (κ2) is 4.27. The van der Waals surface area contributed by atoms with Crippen LogP contribution < -0.4 is 10.2 Å². The number of fused-ring (bicyclic) bond motifs is 3. The van der Waals surface area contributed by atoms with Gasteiger partial charge in [-0.3, -0.25) is 0 Å². The molecule has 0 spiro atoms. The normalized spacial score (nSPS) is 27.0. The van der Waals surface area contributed by atoms with E-state index in [1.54, 1.807) is 0 Å².